The number of aromatic nitrogens is 1. The Kier molecular flexibility index (Phi) is 6.03. The number of hydrogen-bond donors (Lipinski definition) is 2. The molecule has 0 aromatic carbocycles. The number of hydrogen-bond acceptors (Lipinski definition) is 4. The summed E-state index contributed by atoms with van der Waals surface area (Å²) >= 11 is 0. The first-order chi connectivity index (χ1) is 9.81. The highest BCUT2D eigenvalue weighted by atomic mass is 35.5. The van der Waals surface area contributed by atoms with Crippen molar-refractivity contribution in [2.24, 2.45) is 18.7 Å². The lowest BCUT2D eigenvalue weighted by Gasteiger charge is -2.20. The predicted octanol–water partition coefficient (Wildman–Crippen LogP) is 0.164. The van der Waals surface area contributed by atoms with Crippen LogP contribution in [0.3, 0.4) is 0 Å². The predicted molar refractivity (Wildman–Crippen MR) is 86.6 cm³/mol. The number of halogens is 1. The van der Waals surface area contributed by atoms with Gasteiger partial charge in [0.25, 0.3) is 5.91 Å². The van der Waals surface area contributed by atoms with E-state index in [2.05, 4.69) is 5.32 Å². The van der Waals surface area contributed by atoms with Crippen LogP contribution in [-0.2, 0) is 17.1 Å². The molecule has 2 heterocycles. The molecule has 9 heteroatoms. The molecular formula is C13H23ClN4O3S. The Morgan fingerprint density at radius 2 is 2.14 bits per heavy atom. The van der Waals surface area contributed by atoms with Crippen molar-refractivity contribution in [3.63, 3.8) is 0 Å². The molecule has 1 aromatic heterocycles. The van der Waals surface area contributed by atoms with E-state index < -0.39 is 10.0 Å². The third kappa shape index (κ3) is 3.29. The SMILES string of the molecule is CNC(=O)c1cc(S(=O)(=O)N2CC(CN)CC2C)cn1C.Cl. The minimum absolute atomic E-state index is 0. The quantitative estimate of drug-likeness (QED) is 0.808. The van der Waals surface area contributed by atoms with Gasteiger partial charge in [0.05, 0.1) is 0 Å². The minimum Gasteiger partial charge on any atom is -0.354 e. The number of carbonyl (C=O) groups excluding carboxylic acids is 1. The van der Waals surface area contributed by atoms with Crippen LogP contribution in [0.15, 0.2) is 17.2 Å². The molecule has 1 fully saturated rings. The van der Waals surface area contributed by atoms with E-state index in [0.29, 0.717) is 18.8 Å². The summed E-state index contributed by atoms with van der Waals surface area (Å²) in [6, 6.07) is 1.34. The number of nitrogens with zero attached hydrogens (tertiary/aromatic N) is 2. The monoisotopic (exact) mass is 350 g/mol. The van der Waals surface area contributed by atoms with Crippen LogP contribution in [0, 0.1) is 5.92 Å². The summed E-state index contributed by atoms with van der Waals surface area (Å²) in [5.74, 6) is -0.120. The fourth-order valence-corrected chi connectivity index (χ4v) is 4.57. The van der Waals surface area contributed by atoms with Crippen molar-refractivity contribution in [3.8, 4) is 0 Å². The zero-order valence-corrected chi connectivity index (χ0v) is 14.6. The number of amides is 1. The van der Waals surface area contributed by atoms with E-state index in [1.54, 1.807) is 7.05 Å². The van der Waals surface area contributed by atoms with Gasteiger partial charge in [-0.2, -0.15) is 4.31 Å². The van der Waals surface area contributed by atoms with Gasteiger partial charge in [-0.1, -0.05) is 0 Å². The van der Waals surface area contributed by atoms with E-state index in [0.717, 1.165) is 6.42 Å². The van der Waals surface area contributed by atoms with Crippen molar-refractivity contribution in [2.45, 2.75) is 24.3 Å². The molecule has 0 saturated carbocycles. The molecule has 0 spiro atoms. The van der Waals surface area contributed by atoms with Crippen molar-refractivity contribution in [1.29, 1.82) is 0 Å². The molecule has 2 atom stereocenters. The summed E-state index contributed by atoms with van der Waals surface area (Å²) in [4.78, 5) is 11.8. The Morgan fingerprint density at radius 3 is 2.64 bits per heavy atom. The minimum atomic E-state index is -3.60. The average molecular weight is 351 g/mol. The third-order valence-corrected chi connectivity index (χ3v) is 5.93. The number of aryl methyl sites for hydroxylation is 1. The Bertz CT molecular complexity index is 644. The maximum absolute atomic E-state index is 12.7. The third-order valence-electron chi connectivity index (χ3n) is 3.98. The Hall–Kier alpha value is -1.09. The van der Waals surface area contributed by atoms with Gasteiger partial charge in [-0.15, -0.1) is 12.4 Å². The first kappa shape index (κ1) is 19.0. The Morgan fingerprint density at radius 1 is 1.50 bits per heavy atom. The van der Waals surface area contributed by atoms with Crippen molar-refractivity contribution in [1.82, 2.24) is 14.2 Å². The van der Waals surface area contributed by atoms with E-state index in [9.17, 15) is 13.2 Å². The molecule has 3 N–H and O–H groups in total. The normalized spacial score (nSPS) is 22.4. The standard InChI is InChI=1S/C13H22N4O3S.ClH/c1-9-4-10(6-14)7-17(9)21(19,20)11-5-12(13(18)15-2)16(3)8-11;/h5,8-10H,4,6-7,14H2,1-3H3,(H,15,18);1H. The van der Waals surface area contributed by atoms with Crippen LogP contribution in [0.5, 0.6) is 0 Å². The summed E-state index contributed by atoms with van der Waals surface area (Å²) in [6.07, 6.45) is 2.24. The van der Waals surface area contributed by atoms with Crippen molar-refractivity contribution < 1.29 is 13.2 Å². The highest BCUT2D eigenvalue weighted by Gasteiger charge is 2.38. The molecule has 7 nitrogen and oxygen atoms in total. The van der Waals surface area contributed by atoms with Crippen molar-refractivity contribution in [3.05, 3.63) is 18.0 Å². The van der Waals surface area contributed by atoms with Gasteiger partial charge in [0.1, 0.15) is 10.6 Å². The molecule has 2 rings (SSSR count). The molecule has 0 radical (unpaired) electrons. The fraction of sp³-hybridized carbons (Fsp3) is 0.615. The van der Waals surface area contributed by atoms with Gasteiger partial charge in [0.2, 0.25) is 10.0 Å². The molecule has 0 bridgehead atoms. The van der Waals surface area contributed by atoms with Crippen LogP contribution in [0.25, 0.3) is 0 Å². The van der Waals surface area contributed by atoms with Gasteiger partial charge in [-0.3, -0.25) is 4.79 Å². The van der Waals surface area contributed by atoms with Crippen LogP contribution >= 0.6 is 12.4 Å². The zero-order valence-electron chi connectivity index (χ0n) is 12.9. The molecule has 1 aliphatic rings. The van der Waals surface area contributed by atoms with Gasteiger partial charge in [0, 0.05) is 32.9 Å². The highest BCUT2D eigenvalue weighted by molar-refractivity contribution is 7.89. The average Bonchev–Trinajstić information content (AvgIpc) is 3.01. The van der Waals surface area contributed by atoms with E-state index in [1.807, 2.05) is 6.92 Å². The van der Waals surface area contributed by atoms with Gasteiger partial charge in [0.15, 0.2) is 0 Å². The van der Waals surface area contributed by atoms with Gasteiger partial charge in [-0.25, -0.2) is 8.42 Å². The van der Waals surface area contributed by atoms with E-state index in [1.165, 1.54) is 28.2 Å². The summed E-state index contributed by atoms with van der Waals surface area (Å²) in [5, 5.41) is 2.50. The van der Waals surface area contributed by atoms with Gasteiger partial charge < -0.3 is 15.6 Å². The summed E-state index contributed by atoms with van der Waals surface area (Å²) < 4.78 is 28.4. The second kappa shape index (κ2) is 6.99. The number of sulfonamides is 1. The fourth-order valence-electron chi connectivity index (χ4n) is 2.78. The van der Waals surface area contributed by atoms with Gasteiger partial charge >= 0.3 is 0 Å². The van der Waals surface area contributed by atoms with Crippen LogP contribution in [0.2, 0.25) is 0 Å². The van der Waals surface area contributed by atoms with E-state index >= 15 is 0 Å². The number of carbonyl (C=O) groups is 1. The smallest absolute Gasteiger partial charge is 0.267 e. The second-order valence-corrected chi connectivity index (χ2v) is 7.40. The maximum atomic E-state index is 12.7. The molecular weight excluding hydrogens is 328 g/mol. The molecule has 1 aliphatic heterocycles. The second-order valence-electron chi connectivity index (χ2n) is 5.51. The lowest BCUT2D eigenvalue weighted by atomic mass is 10.1. The molecule has 1 amide bonds. The van der Waals surface area contributed by atoms with Crippen molar-refractivity contribution in [2.75, 3.05) is 20.1 Å². The molecule has 22 heavy (non-hydrogen) atoms. The summed E-state index contributed by atoms with van der Waals surface area (Å²) in [7, 11) is -0.433. The largest absolute Gasteiger partial charge is 0.354 e. The molecule has 0 aliphatic carbocycles. The molecule has 2 unspecified atom stereocenters. The van der Waals surface area contributed by atoms with Crippen LogP contribution < -0.4 is 11.1 Å². The zero-order chi connectivity index (χ0) is 15.8. The van der Waals surface area contributed by atoms with Crippen molar-refractivity contribution >= 4 is 28.3 Å². The topological polar surface area (TPSA) is 97.4 Å². The van der Waals surface area contributed by atoms with Crippen LogP contribution in [0.4, 0.5) is 0 Å². The molecule has 126 valence electrons. The van der Waals surface area contributed by atoms with Crippen LogP contribution in [0.1, 0.15) is 23.8 Å². The van der Waals surface area contributed by atoms with E-state index in [-0.39, 0.29) is 35.2 Å². The number of rotatable bonds is 4. The first-order valence-corrected chi connectivity index (χ1v) is 8.35. The summed E-state index contributed by atoms with van der Waals surface area (Å²) in [5.41, 5.74) is 5.97. The number of nitrogens with one attached hydrogen (secondary N) is 1. The number of nitrogens with two attached hydrogens (primary N) is 1. The summed E-state index contributed by atoms with van der Waals surface area (Å²) in [6.45, 7) is 2.80. The van der Waals surface area contributed by atoms with Gasteiger partial charge in [-0.05, 0) is 31.9 Å². The van der Waals surface area contributed by atoms with Crippen LogP contribution in [-0.4, -0.2) is 49.4 Å². The first-order valence-electron chi connectivity index (χ1n) is 6.91. The molecule has 1 aromatic rings. The maximum Gasteiger partial charge on any atom is 0.267 e. The Labute approximate surface area is 137 Å². The van der Waals surface area contributed by atoms with E-state index in [4.69, 9.17) is 5.73 Å². The highest BCUT2D eigenvalue weighted by Crippen LogP contribution is 2.29. The lowest BCUT2D eigenvalue weighted by Crippen LogP contribution is -2.34. The lowest BCUT2D eigenvalue weighted by molar-refractivity contribution is 0.0955. The molecule has 1 saturated heterocycles. The Balaban J connectivity index is 0.00000242.